The molecule has 0 aromatic heterocycles. The van der Waals surface area contributed by atoms with E-state index in [2.05, 4.69) is 4.90 Å². The van der Waals surface area contributed by atoms with Gasteiger partial charge in [-0.05, 0) is 36.4 Å². The summed E-state index contributed by atoms with van der Waals surface area (Å²) in [4.78, 5) is 28.6. The van der Waals surface area contributed by atoms with Gasteiger partial charge in [0.1, 0.15) is 11.5 Å². The standard InChI is InChI=1S/C21H24N2O4/c1-26-18-9-7-17(8-10-18)20(24)15-22-11-13-23(14-12-22)21(25)16-27-19-5-3-2-4-6-19/h2-10H,11-16H2,1H3. The van der Waals surface area contributed by atoms with E-state index >= 15 is 0 Å². The highest BCUT2D eigenvalue weighted by Crippen LogP contribution is 2.13. The largest absolute Gasteiger partial charge is 0.497 e. The molecule has 0 spiro atoms. The third-order valence-corrected chi connectivity index (χ3v) is 4.61. The molecular weight excluding hydrogens is 344 g/mol. The topological polar surface area (TPSA) is 59.1 Å². The number of ketones is 1. The van der Waals surface area contributed by atoms with E-state index in [1.165, 1.54) is 0 Å². The molecule has 1 aliphatic heterocycles. The van der Waals surface area contributed by atoms with E-state index in [9.17, 15) is 9.59 Å². The van der Waals surface area contributed by atoms with Gasteiger partial charge in [0.05, 0.1) is 13.7 Å². The number of hydrogen-bond acceptors (Lipinski definition) is 5. The molecule has 1 saturated heterocycles. The second-order valence-electron chi connectivity index (χ2n) is 6.41. The summed E-state index contributed by atoms with van der Waals surface area (Å²) in [5.74, 6) is 1.47. The first kappa shape index (κ1) is 18.9. The molecule has 1 fully saturated rings. The lowest BCUT2D eigenvalue weighted by molar-refractivity contribution is -0.135. The van der Waals surface area contributed by atoms with Crippen molar-refractivity contribution in [1.29, 1.82) is 0 Å². The van der Waals surface area contributed by atoms with Gasteiger partial charge in [0.25, 0.3) is 5.91 Å². The van der Waals surface area contributed by atoms with Gasteiger partial charge in [0.15, 0.2) is 12.4 Å². The number of ether oxygens (including phenoxy) is 2. The summed E-state index contributed by atoms with van der Waals surface area (Å²) in [5, 5.41) is 0. The van der Waals surface area contributed by atoms with Crippen molar-refractivity contribution >= 4 is 11.7 Å². The second-order valence-corrected chi connectivity index (χ2v) is 6.41. The number of para-hydroxylation sites is 1. The Balaban J connectivity index is 1.42. The lowest BCUT2D eigenvalue weighted by atomic mass is 10.1. The van der Waals surface area contributed by atoms with E-state index in [0.29, 0.717) is 44.0 Å². The number of rotatable bonds is 7. The van der Waals surface area contributed by atoms with Crippen LogP contribution >= 0.6 is 0 Å². The van der Waals surface area contributed by atoms with Gasteiger partial charge < -0.3 is 14.4 Å². The first-order valence-corrected chi connectivity index (χ1v) is 9.01. The van der Waals surface area contributed by atoms with Gasteiger partial charge in [0, 0.05) is 31.7 Å². The lowest BCUT2D eigenvalue weighted by Crippen LogP contribution is -2.51. The van der Waals surface area contributed by atoms with Crippen LogP contribution in [0.2, 0.25) is 0 Å². The molecule has 6 nitrogen and oxygen atoms in total. The van der Waals surface area contributed by atoms with Gasteiger partial charge >= 0.3 is 0 Å². The van der Waals surface area contributed by atoms with Crippen LogP contribution in [-0.2, 0) is 4.79 Å². The zero-order chi connectivity index (χ0) is 19.1. The third kappa shape index (κ3) is 5.31. The number of nitrogens with zero attached hydrogens (tertiary/aromatic N) is 2. The maximum atomic E-state index is 12.4. The zero-order valence-electron chi connectivity index (χ0n) is 15.5. The number of hydrogen-bond donors (Lipinski definition) is 0. The number of Topliss-reactive ketones (excluding diaryl/α,β-unsaturated/α-hetero) is 1. The van der Waals surface area contributed by atoms with Crippen molar-refractivity contribution in [2.45, 2.75) is 0 Å². The molecule has 1 heterocycles. The van der Waals surface area contributed by atoms with Crippen molar-refractivity contribution in [3.63, 3.8) is 0 Å². The molecule has 0 radical (unpaired) electrons. The molecular formula is C21H24N2O4. The highest BCUT2D eigenvalue weighted by atomic mass is 16.5. The van der Waals surface area contributed by atoms with E-state index in [1.807, 2.05) is 30.3 Å². The highest BCUT2D eigenvalue weighted by Gasteiger charge is 2.23. The Morgan fingerprint density at radius 3 is 2.19 bits per heavy atom. The van der Waals surface area contributed by atoms with Gasteiger partial charge in [-0.2, -0.15) is 0 Å². The maximum Gasteiger partial charge on any atom is 0.260 e. The molecule has 0 saturated carbocycles. The second kappa shape index (κ2) is 9.19. The van der Waals surface area contributed by atoms with Crippen molar-refractivity contribution < 1.29 is 19.1 Å². The van der Waals surface area contributed by atoms with Crippen molar-refractivity contribution in [2.24, 2.45) is 0 Å². The van der Waals surface area contributed by atoms with Crippen LogP contribution in [0, 0.1) is 0 Å². The SMILES string of the molecule is COc1ccc(C(=O)CN2CCN(C(=O)COc3ccccc3)CC2)cc1. The minimum absolute atomic E-state index is 0.0278. The molecule has 27 heavy (non-hydrogen) atoms. The predicted molar refractivity (Wildman–Crippen MR) is 102 cm³/mol. The molecule has 3 rings (SSSR count). The third-order valence-electron chi connectivity index (χ3n) is 4.61. The van der Waals surface area contributed by atoms with Crippen LogP contribution in [0.25, 0.3) is 0 Å². The van der Waals surface area contributed by atoms with Gasteiger partial charge in [-0.15, -0.1) is 0 Å². The minimum atomic E-state index is -0.0278. The molecule has 0 N–H and O–H groups in total. The summed E-state index contributed by atoms with van der Waals surface area (Å²) in [6.07, 6.45) is 0. The Labute approximate surface area is 159 Å². The first-order chi connectivity index (χ1) is 13.2. The molecule has 2 aromatic rings. The fraction of sp³-hybridized carbons (Fsp3) is 0.333. The number of benzene rings is 2. The molecule has 0 bridgehead atoms. The highest BCUT2D eigenvalue weighted by molar-refractivity contribution is 5.97. The predicted octanol–water partition coefficient (Wildman–Crippen LogP) is 2.10. The summed E-state index contributed by atoms with van der Waals surface area (Å²) in [7, 11) is 1.60. The fourth-order valence-electron chi connectivity index (χ4n) is 2.98. The number of carbonyl (C=O) groups excluding carboxylic acids is 2. The Hall–Kier alpha value is -2.86. The van der Waals surface area contributed by atoms with Gasteiger partial charge in [-0.3, -0.25) is 14.5 Å². The van der Waals surface area contributed by atoms with Crippen LogP contribution < -0.4 is 9.47 Å². The number of carbonyl (C=O) groups is 2. The van der Waals surface area contributed by atoms with Crippen molar-refractivity contribution in [1.82, 2.24) is 9.80 Å². The molecule has 1 aliphatic rings. The normalized spacial score (nSPS) is 14.6. The minimum Gasteiger partial charge on any atom is -0.497 e. The molecule has 2 aromatic carbocycles. The number of amides is 1. The van der Waals surface area contributed by atoms with E-state index < -0.39 is 0 Å². The summed E-state index contributed by atoms with van der Waals surface area (Å²) >= 11 is 0. The van der Waals surface area contributed by atoms with Crippen LogP contribution in [0.3, 0.4) is 0 Å². The van der Waals surface area contributed by atoms with Gasteiger partial charge in [-0.1, -0.05) is 18.2 Å². The van der Waals surface area contributed by atoms with Crippen molar-refractivity contribution in [3.8, 4) is 11.5 Å². The van der Waals surface area contributed by atoms with E-state index in [0.717, 1.165) is 5.75 Å². The Morgan fingerprint density at radius 2 is 1.56 bits per heavy atom. The lowest BCUT2D eigenvalue weighted by Gasteiger charge is -2.34. The van der Waals surface area contributed by atoms with Crippen LogP contribution in [0.4, 0.5) is 0 Å². The average Bonchev–Trinajstić information content (AvgIpc) is 2.73. The fourth-order valence-corrected chi connectivity index (χ4v) is 2.98. The van der Waals surface area contributed by atoms with E-state index in [1.54, 1.807) is 36.3 Å². The molecule has 0 unspecified atom stereocenters. The Kier molecular flexibility index (Phi) is 6.44. The monoisotopic (exact) mass is 368 g/mol. The molecule has 6 heteroatoms. The first-order valence-electron chi connectivity index (χ1n) is 9.01. The Morgan fingerprint density at radius 1 is 0.889 bits per heavy atom. The number of methoxy groups -OCH3 is 1. The van der Waals surface area contributed by atoms with Crippen LogP contribution in [-0.4, -0.2) is 67.9 Å². The molecule has 0 atom stereocenters. The molecule has 0 aliphatic carbocycles. The average molecular weight is 368 g/mol. The van der Waals surface area contributed by atoms with Gasteiger partial charge in [-0.25, -0.2) is 0 Å². The van der Waals surface area contributed by atoms with Gasteiger partial charge in [0.2, 0.25) is 0 Å². The summed E-state index contributed by atoms with van der Waals surface area (Å²) in [5.41, 5.74) is 0.672. The number of piperazine rings is 1. The van der Waals surface area contributed by atoms with Crippen LogP contribution in [0.1, 0.15) is 10.4 Å². The Bertz CT molecular complexity index is 754. The van der Waals surface area contributed by atoms with E-state index in [4.69, 9.17) is 9.47 Å². The quantitative estimate of drug-likeness (QED) is 0.701. The molecule has 142 valence electrons. The smallest absolute Gasteiger partial charge is 0.260 e. The van der Waals surface area contributed by atoms with Crippen LogP contribution in [0.5, 0.6) is 11.5 Å². The zero-order valence-corrected chi connectivity index (χ0v) is 15.5. The summed E-state index contributed by atoms with van der Waals surface area (Å²) < 4.78 is 10.6. The van der Waals surface area contributed by atoms with Crippen molar-refractivity contribution in [3.05, 3.63) is 60.2 Å². The summed E-state index contributed by atoms with van der Waals surface area (Å²) in [6.45, 7) is 2.96. The molecule has 1 amide bonds. The van der Waals surface area contributed by atoms with E-state index in [-0.39, 0.29) is 18.3 Å². The van der Waals surface area contributed by atoms with Crippen molar-refractivity contribution in [2.75, 3.05) is 46.4 Å². The maximum absolute atomic E-state index is 12.4. The summed E-state index contributed by atoms with van der Waals surface area (Å²) in [6, 6.07) is 16.4. The van der Waals surface area contributed by atoms with Crippen LogP contribution in [0.15, 0.2) is 54.6 Å².